The standard InChI is InChI=1S/C17H29NO/c1-5-17(6-2,15-11-8-7-9-12-15)16(18-3)13-10-14-19-4/h7-9,11-12,16,18H,5-6,10,13-14H2,1-4H3. The first-order valence-electron chi connectivity index (χ1n) is 7.46. The molecule has 2 heteroatoms. The number of hydrogen-bond acceptors (Lipinski definition) is 2. The van der Waals surface area contributed by atoms with Gasteiger partial charge in [0.05, 0.1) is 0 Å². The molecule has 0 aliphatic carbocycles. The Labute approximate surface area is 118 Å². The maximum atomic E-state index is 5.19. The molecule has 0 saturated carbocycles. The van der Waals surface area contributed by atoms with Gasteiger partial charge < -0.3 is 10.1 Å². The van der Waals surface area contributed by atoms with Gasteiger partial charge in [0.1, 0.15) is 0 Å². The number of nitrogens with one attached hydrogen (secondary N) is 1. The van der Waals surface area contributed by atoms with Gasteiger partial charge in [0.25, 0.3) is 0 Å². The van der Waals surface area contributed by atoms with E-state index in [0.29, 0.717) is 6.04 Å². The zero-order valence-corrected chi connectivity index (χ0v) is 12.9. The van der Waals surface area contributed by atoms with Crippen LogP contribution in [-0.4, -0.2) is 26.8 Å². The molecule has 1 aromatic carbocycles. The molecule has 0 aliphatic heterocycles. The molecule has 0 aliphatic rings. The molecule has 0 saturated heterocycles. The number of rotatable bonds is 9. The fourth-order valence-corrected chi connectivity index (χ4v) is 3.25. The van der Waals surface area contributed by atoms with Crippen LogP contribution in [0.2, 0.25) is 0 Å². The van der Waals surface area contributed by atoms with Crippen molar-refractivity contribution in [2.24, 2.45) is 0 Å². The number of ether oxygens (including phenoxy) is 1. The van der Waals surface area contributed by atoms with Crippen LogP contribution >= 0.6 is 0 Å². The van der Waals surface area contributed by atoms with E-state index < -0.39 is 0 Å². The minimum absolute atomic E-state index is 0.226. The summed E-state index contributed by atoms with van der Waals surface area (Å²) >= 11 is 0. The maximum Gasteiger partial charge on any atom is 0.0462 e. The topological polar surface area (TPSA) is 21.3 Å². The molecule has 0 aromatic heterocycles. The summed E-state index contributed by atoms with van der Waals surface area (Å²) in [5, 5.41) is 3.55. The molecule has 1 rings (SSSR count). The quantitative estimate of drug-likeness (QED) is 0.685. The summed E-state index contributed by atoms with van der Waals surface area (Å²) < 4.78 is 5.19. The minimum atomic E-state index is 0.226. The van der Waals surface area contributed by atoms with E-state index >= 15 is 0 Å². The molecular formula is C17H29NO. The first kappa shape index (κ1) is 16.2. The van der Waals surface area contributed by atoms with Crippen molar-refractivity contribution < 1.29 is 4.74 Å². The lowest BCUT2D eigenvalue weighted by Gasteiger charge is -2.40. The predicted molar refractivity (Wildman–Crippen MR) is 82.7 cm³/mol. The van der Waals surface area contributed by atoms with Crippen molar-refractivity contribution in [1.82, 2.24) is 5.32 Å². The van der Waals surface area contributed by atoms with E-state index in [1.165, 1.54) is 5.56 Å². The second-order valence-corrected chi connectivity index (χ2v) is 5.21. The smallest absolute Gasteiger partial charge is 0.0462 e. The van der Waals surface area contributed by atoms with Crippen LogP contribution in [-0.2, 0) is 10.2 Å². The molecule has 0 fully saturated rings. The van der Waals surface area contributed by atoms with Crippen molar-refractivity contribution in [2.75, 3.05) is 20.8 Å². The predicted octanol–water partition coefficient (Wildman–Crippen LogP) is 3.76. The Morgan fingerprint density at radius 2 is 1.79 bits per heavy atom. The zero-order valence-electron chi connectivity index (χ0n) is 12.9. The monoisotopic (exact) mass is 263 g/mol. The number of methoxy groups -OCH3 is 1. The lowest BCUT2D eigenvalue weighted by Crippen LogP contribution is -2.46. The summed E-state index contributed by atoms with van der Waals surface area (Å²) in [6.45, 7) is 5.45. The van der Waals surface area contributed by atoms with Gasteiger partial charge in [0.15, 0.2) is 0 Å². The van der Waals surface area contributed by atoms with Gasteiger partial charge in [-0.2, -0.15) is 0 Å². The van der Waals surface area contributed by atoms with E-state index in [2.05, 4.69) is 56.5 Å². The fraction of sp³-hybridized carbons (Fsp3) is 0.647. The molecule has 0 heterocycles. The summed E-state index contributed by atoms with van der Waals surface area (Å²) in [4.78, 5) is 0. The van der Waals surface area contributed by atoms with Crippen molar-refractivity contribution >= 4 is 0 Å². The Bertz CT molecular complexity index is 332. The summed E-state index contributed by atoms with van der Waals surface area (Å²) in [6.07, 6.45) is 4.58. The lowest BCUT2D eigenvalue weighted by atomic mass is 9.69. The summed E-state index contributed by atoms with van der Waals surface area (Å²) in [6, 6.07) is 11.4. The molecule has 0 amide bonds. The fourth-order valence-electron chi connectivity index (χ4n) is 3.25. The minimum Gasteiger partial charge on any atom is -0.385 e. The van der Waals surface area contributed by atoms with Crippen LogP contribution in [0.5, 0.6) is 0 Å². The van der Waals surface area contributed by atoms with E-state index in [0.717, 1.165) is 32.3 Å². The molecule has 1 aromatic rings. The van der Waals surface area contributed by atoms with E-state index in [9.17, 15) is 0 Å². The van der Waals surface area contributed by atoms with Crippen molar-refractivity contribution in [3.05, 3.63) is 35.9 Å². The van der Waals surface area contributed by atoms with Crippen LogP contribution < -0.4 is 5.32 Å². The molecule has 108 valence electrons. The summed E-state index contributed by atoms with van der Waals surface area (Å²) in [7, 11) is 3.86. The van der Waals surface area contributed by atoms with Crippen LogP contribution in [0.25, 0.3) is 0 Å². The molecule has 1 N–H and O–H groups in total. The van der Waals surface area contributed by atoms with Crippen molar-refractivity contribution in [1.29, 1.82) is 0 Å². The summed E-state index contributed by atoms with van der Waals surface area (Å²) in [5.74, 6) is 0. The third-order valence-corrected chi connectivity index (χ3v) is 4.47. The van der Waals surface area contributed by atoms with Crippen molar-refractivity contribution in [3.8, 4) is 0 Å². The molecule has 19 heavy (non-hydrogen) atoms. The average Bonchev–Trinajstić information content (AvgIpc) is 2.48. The highest BCUT2D eigenvalue weighted by Gasteiger charge is 2.35. The third kappa shape index (κ3) is 3.80. The Morgan fingerprint density at radius 3 is 2.26 bits per heavy atom. The maximum absolute atomic E-state index is 5.19. The second-order valence-electron chi connectivity index (χ2n) is 5.21. The third-order valence-electron chi connectivity index (χ3n) is 4.47. The van der Waals surface area contributed by atoms with Crippen molar-refractivity contribution in [2.45, 2.75) is 51.0 Å². The molecule has 1 unspecified atom stereocenters. The first-order chi connectivity index (χ1) is 9.25. The Morgan fingerprint density at radius 1 is 1.16 bits per heavy atom. The first-order valence-corrected chi connectivity index (χ1v) is 7.46. The molecule has 1 atom stereocenters. The van der Waals surface area contributed by atoms with Gasteiger partial charge in [0, 0.05) is 25.2 Å². The largest absolute Gasteiger partial charge is 0.385 e. The number of hydrogen-bond donors (Lipinski definition) is 1. The van der Waals surface area contributed by atoms with Crippen LogP contribution in [0.1, 0.15) is 45.1 Å². The molecular weight excluding hydrogens is 234 g/mol. The Hall–Kier alpha value is -0.860. The highest BCUT2D eigenvalue weighted by Crippen LogP contribution is 2.36. The number of likely N-dealkylation sites (N-methyl/N-ethyl adjacent to an activating group) is 1. The molecule has 2 nitrogen and oxygen atoms in total. The molecule has 0 bridgehead atoms. The Balaban J connectivity index is 2.95. The van der Waals surface area contributed by atoms with Gasteiger partial charge in [-0.1, -0.05) is 44.2 Å². The van der Waals surface area contributed by atoms with Gasteiger partial charge in [-0.05, 0) is 38.3 Å². The normalized spacial score (nSPS) is 13.5. The average molecular weight is 263 g/mol. The SMILES string of the molecule is CCC(CC)(c1ccccc1)C(CCCOC)NC. The number of benzene rings is 1. The van der Waals surface area contributed by atoms with Gasteiger partial charge in [-0.3, -0.25) is 0 Å². The lowest BCUT2D eigenvalue weighted by molar-refractivity contribution is 0.177. The van der Waals surface area contributed by atoms with Gasteiger partial charge in [0.2, 0.25) is 0 Å². The highest BCUT2D eigenvalue weighted by molar-refractivity contribution is 5.27. The van der Waals surface area contributed by atoms with Gasteiger partial charge >= 0.3 is 0 Å². The van der Waals surface area contributed by atoms with E-state index in [-0.39, 0.29) is 5.41 Å². The van der Waals surface area contributed by atoms with Crippen LogP contribution in [0, 0.1) is 0 Å². The van der Waals surface area contributed by atoms with Crippen molar-refractivity contribution in [3.63, 3.8) is 0 Å². The second kappa shape index (κ2) is 8.34. The van der Waals surface area contributed by atoms with Crippen LogP contribution in [0.3, 0.4) is 0 Å². The van der Waals surface area contributed by atoms with Crippen LogP contribution in [0.15, 0.2) is 30.3 Å². The van der Waals surface area contributed by atoms with E-state index in [1.807, 2.05) is 0 Å². The highest BCUT2D eigenvalue weighted by atomic mass is 16.5. The zero-order chi connectivity index (χ0) is 14.1. The van der Waals surface area contributed by atoms with Gasteiger partial charge in [-0.25, -0.2) is 0 Å². The van der Waals surface area contributed by atoms with Gasteiger partial charge in [-0.15, -0.1) is 0 Å². The van der Waals surface area contributed by atoms with E-state index in [1.54, 1.807) is 7.11 Å². The Kier molecular flexibility index (Phi) is 7.11. The van der Waals surface area contributed by atoms with E-state index in [4.69, 9.17) is 4.74 Å². The summed E-state index contributed by atoms with van der Waals surface area (Å²) in [5.41, 5.74) is 1.68. The van der Waals surface area contributed by atoms with Crippen LogP contribution in [0.4, 0.5) is 0 Å². The molecule has 0 spiro atoms. The molecule has 0 radical (unpaired) electrons.